The second-order valence-corrected chi connectivity index (χ2v) is 14.1. The van der Waals surface area contributed by atoms with Crippen LogP contribution in [0.4, 0.5) is 0 Å². The van der Waals surface area contributed by atoms with Gasteiger partial charge in [0.05, 0.1) is 25.4 Å². The average molecular weight is 673 g/mol. The monoisotopic (exact) mass is 671 g/mol. The van der Waals surface area contributed by atoms with E-state index in [1.165, 1.54) is 0 Å². The van der Waals surface area contributed by atoms with Gasteiger partial charge < -0.3 is 38.3 Å². The molecule has 4 fully saturated rings. The van der Waals surface area contributed by atoms with Crippen LogP contribution in [0.2, 0.25) is 0 Å². The van der Waals surface area contributed by atoms with Crippen LogP contribution in [0.25, 0.3) is 0 Å². The Kier molecular flexibility index (Phi) is 11.2. The van der Waals surface area contributed by atoms with Gasteiger partial charge in [0.25, 0.3) is 3.79 Å². The maximum atomic E-state index is 9.84. The zero-order chi connectivity index (χ0) is 31.6. The predicted octanol–water partition coefficient (Wildman–Crippen LogP) is 6.55. The van der Waals surface area contributed by atoms with E-state index in [9.17, 15) is 5.11 Å². The van der Waals surface area contributed by atoms with E-state index in [2.05, 4.69) is 13.8 Å². The van der Waals surface area contributed by atoms with Crippen molar-refractivity contribution in [3.05, 3.63) is 71.8 Å². The molecule has 242 valence electrons. The van der Waals surface area contributed by atoms with Crippen LogP contribution in [-0.4, -0.2) is 65.0 Å². The van der Waals surface area contributed by atoms with E-state index in [-0.39, 0.29) is 54.4 Å². The number of halogens is 3. The van der Waals surface area contributed by atoms with Crippen molar-refractivity contribution >= 4 is 40.7 Å². The van der Waals surface area contributed by atoms with Crippen molar-refractivity contribution in [2.24, 2.45) is 23.7 Å². The topological polar surface area (TPSA) is 109 Å². The summed E-state index contributed by atoms with van der Waals surface area (Å²) in [6.07, 6.45) is -2.83. The summed E-state index contributed by atoms with van der Waals surface area (Å²) in [5, 5.41) is 17.6. The zero-order valence-corrected chi connectivity index (χ0v) is 27.3. The Morgan fingerprint density at radius 1 is 0.705 bits per heavy atom. The van der Waals surface area contributed by atoms with Crippen LogP contribution in [0.15, 0.2) is 60.7 Å². The highest BCUT2D eigenvalue weighted by molar-refractivity contribution is 6.76. The molecular formula is C32H40Cl3NO8. The summed E-state index contributed by atoms with van der Waals surface area (Å²) in [5.41, 5.74) is 1.99. The molecule has 6 rings (SSSR count). The number of aliphatic hydroxyl groups excluding tert-OH is 1. The molecule has 0 aromatic heterocycles. The molecule has 2 N–H and O–H groups in total. The normalized spacial score (nSPS) is 38.7. The molecule has 0 aliphatic carbocycles. The molecule has 4 saturated heterocycles. The summed E-state index contributed by atoms with van der Waals surface area (Å²) in [6.45, 7) is 8.94. The number of ether oxygens (including phenoxy) is 7. The quantitative estimate of drug-likeness (QED) is 0.215. The summed E-state index contributed by atoms with van der Waals surface area (Å²) in [6, 6.07) is 19.7. The fourth-order valence-electron chi connectivity index (χ4n) is 5.85. The molecule has 2 aromatic rings. The van der Waals surface area contributed by atoms with E-state index in [0.29, 0.717) is 13.2 Å². The van der Waals surface area contributed by atoms with Gasteiger partial charge in [-0.2, -0.15) is 0 Å². The summed E-state index contributed by atoms with van der Waals surface area (Å²) < 4.78 is 38.7. The number of nitrogens with one attached hydrogen (secondary N) is 1. The van der Waals surface area contributed by atoms with Crippen LogP contribution in [-0.2, 0) is 33.2 Å². The lowest BCUT2D eigenvalue weighted by atomic mass is 9.84. The van der Waals surface area contributed by atoms with Crippen LogP contribution in [0.3, 0.4) is 0 Å². The number of aliphatic hydroxyl groups is 1. The van der Waals surface area contributed by atoms with Gasteiger partial charge in [-0.25, -0.2) is 0 Å². The molecule has 12 unspecified atom stereocenters. The van der Waals surface area contributed by atoms with Gasteiger partial charge >= 0.3 is 0 Å². The van der Waals surface area contributed by atoms with Gasteiger partial charge in [-0.05, 0) is 11.8 Å². The van der Waals surface area contributed by atoms with E-state index < -0.39 is 28.6 Å². The van der Waals surface area contributed by atoms with Crippen LogP contribution in [0.1, 0.15) is 51.4 Å². The van der Waals surface area contributed by atoms with Gasteiger partial charge in [-0.1, -0.05) is 123 Å². The fraction of sp³-hybridized carbons (Fsp3) is 0.594. The minimum atomic E-state index is -1.92. The molecule has 0 radical (unpaired) electrons. The SMILES string of the molecule is CC1C(O)OC2COC(c3ccccc3)OC2C1C.CC1C(OC(=N)C(Cl)(Cl)Cl)OC2COC(c3ccccc3)OC2C1C. The second-order valence-electron chi connectivity index (χ2n) is 11.8. The molecule has 9 nitrogen and oxygen atoms in total. The molecule has 0 spiro atoms. The summed E-state index contributed by atoms with van der Waals surface area (Å²) >= 11 is 17.1. The summed E-state index contributed by atoms with van der Waals surface area (Å²) in [5.74, 6) is -0.0926. The van der Waals surface area contributed by atoms with E-state index in [0.717, 1.165) is 11.1 Å². The first-order valence-electron chi connectivity index (χ1n) is 14.9. The van der Waals surface area contributed by atoms with Crippen molar-refractivity contribution in [3.8, 4) is 0 Å². The van der Waals surface area contributed by atoms with Gasteiger partial charge in [0.1, 0.15) is 12.2 Å². The predicted molar refractivity (Wildman–Crippen MR) is 165 cm³/mol. The van der Waals surface area contributed by atoms with Gasteiger partial charge in [0, 0.05) is 23.0 Å². The van der Waals surface area contributed by atoms with Crippen LogP contribution < -0.4 is 0 Å². The molecular weight excluding hydrogens is 633 g/mol. The lowest BCUT2D eigenvalue weighted by Crippen LogP contribution is -2.56. The smallest absolute Gasteiger partial charge is 0.265 e. The van der Waals surface area contributed by atoms with Gasteiger partial charge in [-0.3, -0.25) is 5.41 Å². The number of benzene rings is 2. The van der Waals surface area contributed by atoms with Crippen molar-refractivity contribution in [1.82, 2.24) is 0 Å². The van der Waals surface area contributed by atoms with Crippen molar-refractivity contribution in [2.75, 3.05) is 13.2 Å². The third-order valence-electron chi connectivity index (χ3n) is 8.95. The lowest BCUT2D eigenvalue weighted by molar-refractivity contribution is -0.335. The van der Waals surface area contributed by atoms with Crippen LogP contribution in [0, 0.1) is 29.1 Å². The third-order valence-corrected chi connectivity index (χ3v) is 9.47. The molecule has 12 heteroatoms. The number of rotatable bonds is 3. The molecule has 4 aliphatic rings. The molecule has 2 aromatic carbocycles. The zero-order valence-electron chi connectivity index (χ0n) is 25.1. The Hall–Kier alpha value is -1.50. The molecule has 0 bridgehead atoms. The molecule has 0 saturated carbocycles. The van der Waals surface area contributed by atoms with Crippen LogP contribution in [0.5, 0.6) is 0 Å². The first kappa shape index (κ1) is 33.9. The van der Waals surface area contributed by atoms with E-state index >= 15 is 0 Å². The molecule has 4 aliphatic heterocycles. The fourth-order valence-corrected chi connectivity index (χ4v) is 5.98. The molecule has 0 amide bonds. The third kappa shape index (κ3) is 7.72. The minimum absolute atomic E-state index is 0.0302. The minimum Gasteiger partial charge on any atom is -0.448 e. The Balaban J connectivity index is 0.000000181. The van der Waals surface area contributed by atoms with Crippen molar-refractivity contribution in [2.45, 2.75) is 81.1 Å². The highest BCUT2D eigenvalue weighted by Crippen LogP contribution is 2.41. The lowest BCUT2D eigenvalue weighted by Gasteiger charge is -2.47. The van der Waals surface area contributed by atoms with E-state index in [1.54, 1.807) is 0 Å². The first-order valence-corrected chi connectivity index (χ1v) is 16.0. The Labute approximate surface area is 273 Å². The summed E-state index contributed by atoms with van der Waals surface area (Å²) in [4.78, 5) is 0. The maximum absolute atomic E-state index is 9.84. The van der Waals surface area contributed by atoms with Crippen LogP contribution >= 0.6 is 34.8 Å². The highest BCUT2D eigenvalue weighted by Gasteiger charge is 2.48. The first-order chi connectivity index (χ1) is 20.9. The van der Waals surface area contributed by atoms with Crippen molar-refractivity contribution < 1.29 is 38.3 Å². The van der Waals surface area contributed by atoms with Crippen molar-refractivity contribution in [3.63, 3.8) is 0 Å². The van der Waals surface area contributed by atoms with E-state index in [4.69, 9.17) is 73.4 Å². The Morgan fingerprint density at radius 3 is 1.64 bits per heavy atom. The van der Waals surface area contributed by atoms with E-state index in [1.807, 2.05) is 74.5 Å². The van der Waals surface area contributed by atoms with Crippen molar-refractivity contribution in [1.29, 1.82) is 5.41 Å². The van der Waals surface area contributed by atoms with Gasteiger partial charge in [0.15, 0.2) is 18.9 Å². The average Bonchev–Trinajstić information content (AvgIpc) is 3.03. The summed E-state index contributed by atoms with van der Waals surface area (Å²) in [7, 11) is 0. The van der Waals surface area contributed by atoms with Gasteiger partial charge in [0.2, 0.25) is 12.2 Å². The largest absolute Gasteiger partial charge is 0.448 e. The highest BCUT2D eigenvalue weighted by atomic mass is 35.6. The molecule has 4 heterocycles. The molecule has 12 atom stereocenters. The molecule has 44 heavy (non-hydrogen) atoms. The Morgan fingerprint density at radius 2 is 1.16 bits per heavy atom. The number of alkyl halides is 3. The standard InChI is InChI=1S/C17H20Cl3NO4.C15H20O4/c1-9-10(2)14(25-16(21)17(18,19)20)23-12-8-22-15(24-13(9)12)11-6-4-3-5-7-11;1-9-10(2)14(16)18-12-8-17-15(19-13(9)12)11-6-4-3-5-7-11/h3-7,9-10,12-15,21H,8H2,1-2H3;3-7,9-10,12-16H,8H2,1-2H3. The second kappa shape index (κ2) is 14.5. The maximum Gasteiger partial charge on any atom is 0.265 e. The number of fused-ring (bicyclic) bond motifs is 2. The Bertz CT molecular complexity index is 1220. The number of hydrogen-bond donors (Lipinski definition) is 2. The van der Waals surface area contributed by atoms with Gasteiger partial charge in [-0.15, -0.1) is 0 Å². The number of hydrogen-bond acceptors (Lipinski definition) is 9.